The Labute approximate surface area is 118 Å². The first-order valence-corrected chi connectivity index (χ1v) is 6.77. The molecule has 1 aromatic rings. The summed E-state index contributed by atoms with van der Waals surface area (Å²) in [7, 11) is 2.09. The van der Waals surface area contributed by atoms with Crippen LogP contribution >= 0.6 is 0 Å². The van der Waals surface area contributed by atoms with Gasteiger partial charge in [-0.2, -0.15) is 0 Å². The molecule has 5 nitrogen and oxygen atoms in total. The Morgan fingerprint density at radius 1 is 1.55 bits per heavy atom. The van der Waals surface area contributed by atoms with Crippen LogP contribution in [0.4, 0.5) is 10.2 Å². The molecule has 3 N–H and O–H groups in total. The van der Waals surface area contributed by atoms with Crippen LogP contribution in [0.3, 0.4) is 0 Å². The Bertz CT molecular complexity index is 498. The molecule has 2 heterocycles. The summed E-state index contributed by atoms with van der Waals surface area (Å²) >= 11 is 0. The second kappa shape index (κ2) is 5.75. The van der Waals surface area contributed by atoms with E-state index in [2.05, 4.69) is 29.2 Å². The molecule has 0 aromatic carbocycles. The fourth-order valence-corrected chi connectivity index (χ4v) is 2.36. The van der Waals surface area contributed by atoms with Gasteiger partial charge >= 0.3 is 0 Å². The standard InChI is InChI=1S/C14H21FN4O/c1-14(3-5-19(2)6-4-14)9-18-13(20)11-7-10(15)8-17-12(11)16/h7-8H,3-6,9H2,1-2H3,(H2,16,17)(H,18,20). The minimum atomic E-state index is -0.560. The van der Waals surface area contributed by atoms with E-state index in [0.29, 0.717) is 6.54 Å². The number of aromatic nitrogens is 1. The number of anilines is 1. The summed E-state index contributed by atoms with van der Waals surface area (Å²) in [6, 6.07) is 1.12. The van der Waals surface area contributed by atoms with Gasteiger partial charge in [0, 0.05) is 6.54 Å². The molecule has 0 atom stereocenters. The van der Waals surface area contributed by atoms with Crippen LogP contribution in [0.15, 0.2) is 12.3 Å². The van der Waals surface area contributed by atoms with Crippen LogP contribution in [0, 0.1) is 11.2 Å². The van der Waals surface area contributed by atoms with Gasteiger partial charge in [-0.05, 0) is 44.5 Å². The molecule has 2 rings (SSSR count). The van der Waals surface area contributed by atoms with Gasteiger partial charge in [-0.3, -0.25) is 4.79 Å². The molecule has 110 valence electrons. The summed E-state index contributed by atoms with van der Waals surface area (Å²) in [5, 5.41) is 2.85. The predicted molar refractivity (Wildman–Crippen MR) is 75.8 cm³/mol. The molecule has 1 aliphatic heterocycles. The molecule has 0 aliphatic carbocycles. The van der Waals surface area contributed by atoms with E-state index in [-0.39, 0.29) is 22.7 Å². The molecular weight excluding hydrogens is 259 g/mol. The third kappa shape index (κ3) is 3.45. The number of rotatable bonds is 3. The van der Waals surface area contributed by atoms with Crippen LogP contribution in [0.25, 0.3) is 0 Å². The maximum Gasteiger partial charge on any atom is 0.255 e. The topological polar surface area (TPSA) is 71.2 Å². The largest absolute Gasteiger partial charge is 0.383 e. The first-order valence-electron chi connectivity index (χ1n) is 6.77. The number of amides is 1. The summed E-state index contributed by atoms with van der Waals surface area (Å²) < 4.78 is 13.1. The van der Waals surface area contributed by atoms with Crippen molar-refractivity contribution >= 4 is 11.7 Å². The molecule has 0 spiro atoms. The van der Waals surface area contributed by atoms with Gasteiger partial charge in [0.1, 0.15) is 11.6 Å². The number of nitrogens with one attached hydrogen (secondary N) is 1. The Balaban J connectivity index is 1.97. The maximum atomic E-state index is 13.1. The van der Waals surface area contributed by atoms with Crippen LogP contribution in [-0.2, 0) is 0 Å². The average molecular weight is 280 g/mol. The second-order valence-electron chi connectivity index (χ2n) is 5.88. The number of nitrogen functional groups attached to an aromatic ring is 1. The highest BCUT2D eigenvalue weighted by Gasteiger charge is 2.29. The summed E-state index contributed by atoms with van der Waals surface area (Å²) in [6.45, 7) is 4.77. The van der Waals surface area contributed by atoms with Crippen LogP contribution in [0.5, 0.6) is 0 Å². The first kappa shape index (κ1) is 14.7. The van der Waals surface area contributed by atoms with Crippen LogP contribution in [0.1, 0.15) is 30.1 Å². The number of hydrogen-bond donors (Lipinski definition) is 2. The molecule has 1 amide bonds. The number of piperidine rings is 1. The van der Waals surface area contributed by atoms with E-state index in [1.54, 1.807) is 0 Å². The van der Waals surface area contributed by atoms with E-state index in [9.17, 15) is 9.18 Å². The highest BCUT2D eigenvalue weighted by atomic mass is 19.1. The van der Waals surface area contributed by atoms with E-state index >= 15 is 0 Å². The summed E-state index contributed by atoms with van der Waals surface area (Å²) in [6.07, 6.45) is 3.06. The SMILES string of the molecule is CN1CCC(C)(CNC(=O)c2cc(F)cnc2N)CC1. The number of carbonyl (C=O) groups is 1. The van der Waals surface area contributed by atoms with Crippen molar-refractivity contribution in [1.29, 1.82) is 0 Å². The number of nitrogens with two attached hydrogens (primary N) is 1. The lowest BCUT2D eigenvalue weighted by molar-refractivity contribution is 0.0891. The van der Waals surface area contributed by atoms with Crippen molar-refractivity contribution in [2.45, 2.75) is 19.8 Å². The van der Waals surface area contributed by atoms with Crippen molar-refractivity contribution in [1.82, 2.24) is 15.2 Å². The Morgan fingerprint density at radius 3 is 2.85 bits per heavy atom. The fraction of sp³-hybridized carbons (Fsp3) is 0.571. The van der Waals surface area contributed by atoms with Crippen molar-refractivity contribution in [3.8, 4) is 0 Å². The second-order valence-corrected chi connectivity index (χ2v) is 5.88. The van der Waals surface area contributed by atoms with E-state index < -0.39 is 5.82 Å². The molecule has 1 saturated heterocycles. The zero-order valence-corrected chi connectivity index (χ0v) is 11.9. The third-order valence-electron chi connectivity index (χ3n) is 4.00. The zero-order chi connectivity index (χ0) is 14.8. The average Bonchev–Trinajstić information content (AvgIpc) is 2.43. The van der Waals surface area contributed by atoms with Crippen molar-refractivity contribution in [3.05, 3.63) is 23.6 Å². The Morgan fingerprint density at radius 2 is 2.20 bits per heavy atom. The van der Waals surface area contributed by atoms with E-state index in [1.807, 2.05) is 0 Å². The lowest BCUT2D eigenvalue weighted by Gasteiger charge is -2.37. The molecule has 1 fully saturated rings. The molecule has 1 aromatic heterocycles. The van der Waals surface area contributed by atoms with E-state index in [4.69, 9.17) is 5.73 Å². The zero-order valence-electron chi connectivity index (χ0n) is 11.9. The van der Waals surface area contributed by atoms with Crippen molar-refractivity contribution in [3.63, 3.8) is 0 Å². The van der Waals surface area contributed by atoms with E-state index in [1.165, 1.54) is 0 Å². The smallest absolute Gasteiger partial charge is 0.255 e. The van der Waals surface area contributed by atoms with Gasteiger partial charge in [-0.15, -0.1) is 0 Å². The van der Waals surface area contributed by atoms with Gasteiger partial charge in [0.05, 0.1) is 11.8 Å². The quantitative estimate of drug-likeness (QED) is 0.874. The normalized spacial score (nSPS) is 18.8. The van der Waals surface area contributed by atoms with Crippen molar-refractivity contribution in [2.75, 3.05) is 32.4 Å². The van der Waals surface area contributed by atoms with Crippen LogP contribution in [-0.4, -0.2) is 42.5 Å². The van der Waals surface area contributed by atoms with Gasteiger partial charge in [0.15, 0.2) is 0 Å². The molecule has 0 unspecified atom stereocenters. The summed E-state index contributed by atoms with van der Waals surface area (Å²) in [4.78, 5) is 18.0. The predicted octanol–water partition coefficient (Wildman–Crippen LogP) is 1.26. The minimum absolute atomic E-state index is 0.0532. The molecular formula is C14H21FN4O. The Hall–Kier alpha value is -1.69. The van der Waals surface area contributed by atoms with Crippen molar-refractivity contribution in [2.24, 2.45) is 5.41 Å². The van der Waals surface area contributed by atoms with Crippen molar-refractivity contribution < 1.29 is 9.18 Å². The monoisotopic (exact) mass is 280 g/mol. The van der Waals surface area contributed by atoms with Gasteiger partial charge in [-0.25, -0.2) is 9.37 Å². The van der Waals surface area contributed by atoms with Crippen LogP contribution in [0.2, 0.25) is 0 Å². The fourth-order valence-electron chi connectivity index (χ4n) is 2.36. The number of halogens is 1. The van der Waals surface area contributed by atoms with Gasteiger partial charge in [-0.1, -0.05) is 6.92 Å². The first-order chi connectivity index (χ1) is 9.39. The number of carbonyl (C=O) groups excluding carboxylic acids is 1. The van der Waals surface area contributed by atoms with Gasteiger partial charge < -0.3 is 16.0 Å². The lowest BCUT2D eigenvalue weighted by Crippen LogP contribution is -2.43. The van der Waals surface area contributed by atoms with Crippen LogP contribution < -0.4 is 11.1 Å². The molecule has 0 bridgehead atoms. The molecule has 1 aliphatic rings. The molecule has 6 heteroatoms. The van der Waals surface area contributed by atoms with E-state index in [0.717, 1.165) is 38.2 Å². The number of nitrogens with zero attached hydrogens (tertiary/aromatic N) is 2. The summed E-state index contributed by atoms with van der Waals surface area (Å²) in [5.74, 6) is -0.873. The maximum absolute atomic E-state index is 13.1. The lowest BCUT2D eigenvalue weighted by atomic mass is 9.80. The molecule has 0 radical (unpaired) electrons. The highest BCUT2D eigenvalue weighted by molar-refractivity contribution is 5.98. The van der Waals surface area contributed by atoms with Gasteiger partial charge in [0.2, 0.25) is 0 Å². The molecule has 20 heavy (non-hydrogen) atoms. The van der Waals surface area contributed by atoms with Gasteiger partial charge in [0.25, 0.3) is 5.91 Å². The minimum Gasteiger partial charge on any atom is -0.383 e. The molecule has 0 saturated carbocycles. The summed E-state index contributed by atoms with van der Waals surface area (Å²) in [5.41, 5.74) is 5.78. The third-order valence-corrected chi connectivity index (χ3v) is 4.00. The number of likely N-dealkylation sites (tertiary alicyclic amines) is 1. The highest BCUT2D eigenvalue weighted by Crippen LogP contribution is 2.29. The Kier molecular flexibility index (Phi) is 4.23. The number of hydrogen-bond acceptors (Lipinski definition) is 4. The number of pyridine rings is 1.